The Hall–Kier alpha value is -1.62. The number of aryl methyl sites for hydroxylation is 1. The van der Waals surface area contributed by atoms with Crippen LogP contribution in [-0.4, -0.2) is 38.2 Å². The van der Waals surface area contributed by atoms with E-state index in [1.54, 1.807) is 9.80 Å². The van der Waals surface area contributed by atoms with Crippen LogP contribution in [0.15, 0.2) is 41.8 Å². The number of fused-ring (bicyclic) bond motifs is 1. The molecule has 120 valence electrons. The van der Waals surface area contributed by atoms with Crippen molar-refractivity contribution in [1.82, 2.24) is 4.98 Å². The molecule has 0 bridgehead atoms. The summed E-state index contributed by atoms with van der Waals surface area (Å²) in [5.41, 5.74) is 4.08. The van der Waals surface area contributed by atoms with Crippen molar-refractivity contribution in [3.63, 3.8) is 0 Å². The SMILES string of the molecule is Cc1[nH]c2ccccc2c1[C@@H](c1cccs1)[NH+]1CC[NH+](C)CC1. The fourth-order valence-corrected chi connectivity index (χ4v) is 4.85. The number of likely N-dealkylation sites (N-methyl/N-ethyl adjacent to an activating group) is 1. The van der Waals surface area contributed by atoms with Gasteiger partial charge >= 0.3 is 0 Å². The Labute approximate surface area is 141 Å². The number of aromatic amines is 1. The van der Waals surface area contributed by atoms with E-state index in [1.807, 2.05) is 11.3 Å². The van der Waals surface area contributed by atoms with Crippen LogP contribution < -0.4 is 9.80 Å². The maximum Gasteiger partial charge on any atom is 0.151 e. The molecule has 23 heavy (non-hydrogen) atoms. The van der Waals surface area contributed by atoms with Gasteiger partial charge in [0.2, 0.25) is 0 Å². The molecule has 3 heterocycles. The van der Waals surface area contributed by atoms with E-state index in [-0.39, 0.29) is 0 Å². The lowest BCUT2D eigenvalue weighted by Gasteiger charge is -2.33. The quantitative estimate of drug-likeness (QED) is 0.641. The second-order valence-corrected chi connectivity index (χ2v) is 7.75. The van der Waals surface area contributed by atoms with Crippen molar-refractivity contribution in [3.05, 3.63) is 57.9 Å². The summed E-state index contributed by atoms with van der Waals surface area (Å²) in [6, 6.07) is 13.7. The zero-order valence-electron chi connectivity index (χ0n) is 13.9. The van der Waals surface area contributed by atoms with E-state index in [0.29, 0.717) is 6.04 Å². The van der Waals surface area contributed by atoms with Crippen molar-refractivity contribution >= 4 is 22.2 Å². The highest BCUT2D eigenvalue weighted by molar-refractivity contribution is 7.10. The molecular formula is C19H25N3S+2. The summed E-state index contributed by atoms with van der Waals surface area (Å²) in [7, 11) is 2.31. The number of hydrogen-bond donors (Lipinski definition) is 3. The standard InChI is InChI=1S/C19H23N3S/c1-14-18(15-6-3-4-7-16(15)20-14)19(17-8-5-13-23-17)22-11-9-21(2)10-12-22/h3-8,13,19-20H,9-12H2,1-2H3/p+2/t19-/m1/s1. The largest absolute Gasteiger partial charge is 0.358 e. The van der Waals surface area contributed by atoms with Crippen LogP contribution in [0.3, 0.4) is 0 Å². The van der Waals surface area contributed by atoms with Gasteiger partial charge in [0, 0.05) is 22.2 Å². The topological polar surface area (TPSA) is 24.7 Å². The second kappa shape index (κ2) is 6.11. The first-order chi connectivity index (χ1) is 11.2. The summed E-state index contributed by atoms with van der Waals surface area (Å²) in [5, 5.41) is 3.61. The van der Waals surface area contributed by atoms with Gasteiger partial charge in [0.1, 0.15) is 26.2 Å². The second-order valence-electron chi connectivity index (χ2n) is 6.77. The third kappa shape index (κ3) is 2.71. The molecular weight excluding hydrogens is 302 g/mol. The molecule has 1 atom stereocenters. The number of nitrogens with one attached hydrogen (secondary N) is 3. The number of H-pyrrole nitrogens is 1. The molecule has 1 aromatic carbocycles. The fourth-order valence-electron chi connectivity index (χ4n) is 3.96. The van der Waals surface area contributed by atoms with Crippen molar-refractivity contribution in [2.45, 2.75) is 13.0 Å². The number of para-hydroxylation sites is 1. The first-order valence-electron chi connectivity index (χ1n) is 8.50. The van der Waals surface area contributed by atoms with Crippen molar-refractivity contribution in [2.75, 3.05) is 33.2 Å². The summed E-state index contributed by atoms with van der Waals surface area (Å²) >= 11 is 1.90. The van der Waals surface area contributed by atoms with E-state index < -0.39 is 0 Å². The summed E-state index contributed by atoms with van der Waals surface area (Å²) in [6.45, 7) is 7.24. The number of thiophene rings is 1. The van der Waals surface area contributed by atoms with Crippen LogP contribution in [0.5, 0.6) is 0 Å². The lowest BCUT2D eigenvalue weighted by atomic mass is 9.99. The van der Waals surface area contributed by atoms with Crippen LogP contribution >= 0.6 is 11.3 Å². The molecule has 0 saturated carbocycles. The average Bonchev–Trinajstić information content (AvgIpc) is 3.18. The first kappa shape index (κ1) is 14.9. The predicted octanol–water partition coefficient (Wildman–Crippen LogP) is 1.04. The van der Waals surface area contributed by atoms with Gasteiger partial charge in [-0.3, -0.25) is 0 Å². The molecule has 0 radical (unpaired) electrons. The molecule has 4 rings (SSSR count). The highest BCUT2D eigenvalue weighted by Crippen LogP contribution is 2.32. The molecule has 1 saturated heterocycles. The minimum atomic E-state index is 0.458. The van der Waals surface area contributed by atoms with Crippen LogP contribution in [0, 0.1) is 6.92 Å². The Kier molecular flexibility index (Phi) is 3.97. The van der Waals surface area contributed by atoms with E-state index in [4.69, 9.17) is 0 Å². The lowest BCUT2D eigenvalue weighted by molar-refractivity contribution is -1.02. The van der Waals surface area contributed by atoms with Crippen molar-refractivity contribution in [2.24, 2.45) is 0 Å². The Morgan fingerprint density at radius 3 is 2.57 bits per heavy atom. The van der Waals surface area contributed by atoms with E-state index in [0.717, 1.165) is 0 Å². The van der Waals surface area contributed by atoms with Crippen molar-refractivity contribution in [1.29, 1.82) is 0 Å². The molecule has 0 aliphatic carbocycles. The van der Waals surface area contributed by atoms with Crippen molar-refractivity contribution in [3.8, 4) is 0 Å². The molecule has 0 unspecified atom stereocenters. The van der Waals surface area contributed by atoms with E-state index >= 15 is 0 Å². The third-order valence-electron chi connectivity index (χ3n) is 5.21. The molecule has 3 nitrogen and oxygen atoms in total. The molecule has 1 aliphatic rings. The van der Waals surface area contributed by atoms with Crippen LogP contribution in [-0.2, 0) is 0 Å². The van der Waals surface area contributed by atoms with Gasteiger partial charge in [-0.1, -0.05) is 24.3 Å². The number of hydrogen-bond acceptors (Lipinski definition) is 1. The van der Waals surface area contributed by atoms with Crippen LogP contribution in [0.2, 0.25) is 0 Å². The number of aromatic nitrogens is 1. The predicted molar refractivity (Wildman–Crippen MR) is 96.5 cm³/mol. The van der Waals surface area contributed by atoms with E-state index in [9.17, 15) is 0 Å². The van der Waals surface area contributed by atoms with Gasteiger partial charge in [-0.25, -0.2) is 0 Å². The molecule has 2 aromatic heterocycles. The molecule has 3 aromatic rings. The maximum absolute atomic E-state index is 3.60. The minimum absolute atomic E-state index is 0.458. The third-order valence-corrected chi connectivity index (χ3v) is 6.15. The van der Waals surface area contributed by atoms with E-state index in [2.05, 4.69) is 60.7 Å². The monoisotopic (exact) mass is 327 g/mol. The van der Waals surface area contributed by atoms with Crippen LogP contribution in [0.4, 0.5) is 0 Å². The van der Waals surface area contributed by atoms with Gasteiger partial charge in [0.25, 0.3) is 0 Å². The molecule has 0 spiro atoms. The van der Waals surface area contributed by atoms with E-state index in [1.165, 1.54) is 53.2 Å². The van der Waals surface area contributed by atoms with Crippen molar-refractivity contribution < 1.29 is 9.80 Å². The normalized spacial score (nSPS) is 23.2. The average molecular weight is 327 g/mol. The minimum Gasteiger partial charge on any atom is -0.358 e. The highest BCUT2D eigenvalue weighted by Gasteiger charge is 2.34. The Morgan fingerprint density at radius 1 is 1.04 bits per heavy atom. The summed E-state index contributed by atoms with van der Waals surface area (Å²) < 4.78 is 0. The number of rotatable bonds is 3. The zero-order chi connectivity index (χ0) is 15.8. The summed E-state index contributed by atoms with van der Waals surface area (Å²) in [4.78, 5) is 8.47. The van der Waals surface area contributed by atoms with Crippen LogP contribution in [0.1, 0.15) is 22.2 Å². The molecule has 4 heteroatoms. The Morgan fingerprint density at radius 2 is 1.83 bits per heavy atom. The molecule has 3 N–H and O–H groups in total. The van der Waals surface area contributed by atoms with Gasteiger partial charge in [-0.05, 0) is 24.4 Å². The zero-order valence-corrected chi connectivity index (χ0v) is 14.7. The van der Waals surface area contributed by atoms with Gasteiger partial charge in [-0.2, -0.15) is 0 Å². The smallest absolute Gasteiger partial charge is 0.151 e. The number of piperazine rings is 1. The van der Waals surface area contributed by atoms with Gasteiger partial charge in [0.05, 0.1) is 11.9 Å². The molecule has 1 fully saturated rings. The lowest BCUT2D eigenvalue weighted by Crippen LogP contribution is -3.27. The van der Waals surface area contributed by atoms with Crippen LogP contribution in [0.25, 0.3) is 10.9 Å². The number of quaternary nitrogens is 2. The summed E-state index contributed by atoms with van der Waals surface area (Å²) in [5.74, 6) is 0. The maximum atomic E-state index is 3.60. The van der Waals surface area contributed by atoms with Gasteiger partial charge in [-0.15, -0.1) is 11.3 Å². The fraction of sp³-hybridized carbons (Fsp3) is 0.368. The number of benzene rings is 1. The Balaban J connectivity index is 1.83. The summed E-state index contributed by atoms with van der Waals surface area (Å²) in [6.07, 6.45) is 0. The highest BCUT2D eigenvalue weighted by atomic mass is 32.1. The molecule has 1 aliphatic heterocycles. The molecule has 0 amide bonds. The first-order valence-corrected chi connectivity index (χ1v) is 9.38. The van der Waals surface area contributed by atoms with Gasteiger partial charge < -0.3 is 14.8 Å². The Bertz CT molecular complexity index is 782. The van der Waals surface area contributed by atoms with Gasteiger partial charge in [0.15, 0.2) is 6.04 Å².